The minimum atomic E-state index is -1.11. The van der Waals surface area contributed by atoms with Crippen molar-refractivity contribution in [2.45, 2.75) is 44.3 Å². The van der Waals surface area contributed by atoms with Crippen LogP contribution in [0.1, 0.15) is 26.5 Å². The largest absolute Gasteiger partial charge is 0.390 e. The molecular formula is C13H18N4O3. The lowest BCUT2D eigenvalue weighted by Gasteiger charge is -2.27. The van der Waals surface area contributed by atoms with E-state index in [0.717, 1.165) is 5.39 Å². The molecule has 2 aromatic rings. The van der Waals surface area contributed by atoms with Crippen LogP contribution in [0.3, 0.4) is 0 Å². The second kappa shape index (κ2) is 4.41. The number of fused-ring (bicyclic) bond motifs is 1. The van der Waals surface area contributed by atoms with E-state index in [2.05, 4.69) is 9.97 Å². The molecule has 1 saturated heterocycles. The lowest BCUT2D eigenvalue weighted by molar-refractivity contribution is -0.122. The highest BCUT2D eigenvalue weighted by Crippen LogP contribution is 2.36. The van der Waals surface area contributed by atoms with Crippen molar-refractivity contribution in [1.82, 2.24) is 14.5 Å². The molecule has 1 fully saturated rings. The number of aliphatic hydroxyl groups is 2. The average molecular weight is 278 g/mol. The van der Waals surface area contributed by atoms with Gasteiger partial charge in [0.15, 0.2) is 0 Å². The van der Waals surface area contributed by atoms with Crippen LogP contribution >= 0.6 is 0 Å². The first-order valence-corrected chi connectivity index (χ1v) is 6.51. The standard InChI is InChI=1S/C13H18N4O3/c1-13(2,19)10-8(18)5-9(20-10)17-4-3-7-11(14)15-6-16-12(7)17/h3-4,6,8-10,18-19H,5H2,1-2H3,(H2,14,15,16)/t8-,9+,10-/m0/s1. The molecule has 1 aliphatic rings. The monoisotopic (exact) mass is 278 g/mol. The molecule has 20 heavy (non-hydrogen) atoms. The third kappa shape index (κ3) is 2.04. The van der Waals surface area contributed by atoms with Crippen molar-refractivity contribution >= 4 is 16.9 Å². The average Bonchev–Trinajstić information content (AvgIpc) is 2.92. The maximum absolute atomic E-state index is 10.1. The van der Waals surface area contributed by atoms with E-state index < -0.39 is 17.8 Å². The van der Waals surface area contributed by atoms with Crippen LogP contribution in [0, 0.1) is 0 Å². The third-order valence-corrected chi connectivity index (χ3v) is 3.64. The van der Waals surface area contributed by atoms with E-state index in [4.69, 9.17) is 10.5 Å². The number of rotatable bonds is 2. The fourth-order valence-electron chi connectivity index (χ4n) is 2.68. The highest BCUT2D eigenvalue weighted by molar-refractivity contribution is 5.86. The van der Waals surface area contributed by atoms with Crippen LogP contribution in [0.25, 0.3) is 11.0 Å². The summed E-state index contributed by atoms with van der Waals surface area (Å²) >= 11 is 0. The zero-order valence-electron chi connectivity index (χ0n) is 11.4. The van der Waals surface area contributed by atoms with Crippen LogP contribution in [0.2, 0.25) is 0 Å². The predicted octanol–water partition coefficient (Wildman–Crippen LogP) is 0.433. The SMILES string of the molecule is CC(C)(O)[C@H]1O[C@@H](n2ccc3c(N)ncnc32)C[C@@H]1O. The molecule has 0 amide bonds. The first-order valence-electron chi connectivity index (χ1n) is 6.51. The van der Waals surface area contributed by atoms with Crippen molar-refractivity contribution in [3.05, 3.63) is 18.6 Å². The molecule has 0 aromatic carbocycles. The van der Waals surface area contributed by atoms with Gasteiger partial charge in [-0.25, -0.2) is 9.97 Å². The van der Waals surface area contributed by atoms with Gasteiger partial charge in [-0.05, 0) is 19.9 Å². The Morgan fingerprint density at radius 3 is 2.85 bits per heavy atom. The number of aliphatic hydroxyl groups excluding tert-OH is 1. The Morgan fingerprint density at radius 2 is 2.20 bits per heavy atom. The number of nitrogens with two attached hydrogens (primary N) is 1. The smallest absolute Gasteiger partial charge is 0.147 e. The summed E-state index contributed by atoms with van der Waals surface area (Å²) in [6, 6.07) is 1.82. The van der Waals surface area contributed by atoms with Crippen molar-refractivity contribution in [2.75, 3.05) is 5.73 Å². The molecule has 3 rings (SSSR count). The van der Waals surface area contributed by atoms with Gasteiger partial charge in [0, 0.05) is 12.6 Å². The van der Waals surface area contributed by atoms with Crippen LogP contribution in [0.4, 0.5) is 5.82 Å². The Morgan fingerprint density at radius 1 is 1.45 bits per heavy atom. The number of ether oxygens (including phenoxy) is 1. The zero-order chi connectivity index (χ0) is 14.5. The van der Waals surface area contributed by atoms with E-state index in [1.165, 1.54) is 6.33 Å². The molecule has 3 atom stereocenters. The van der Waals surface area contributed by atoms with E-state index in [0.29, 0.717) is 17.9 Å². The summed E-state index contributed by atoms with van der Waals surface area (Å²) in [7, 11) is 0. The summed E-state index contributed by atoms with van der Waals surface area (Å²) in [5.74, 6) is 0.409. The van der Waals surface area contributed by atoms with Gasteiger partial charge in [0.05, 0.1) is 17.1 Å². The predicted molar refractivity (Wildman–Crippen MR) is 72.8 cm³/mol. The molecule has 108 valence electrons. The normalized spacial score (nSPS) is 27.3. The van der Waals surface area contributed by atoms with Gasteiger partial charge in [-0.1, -0.05) is 0 Å². The Bertz CT molecular complexity index is 634. The number of anilines is 1. The third-order valence-electron chi connectivity index (χ3n) is 3.64. The molecule has 0 aliphatic carbocycles. The van der Waals surface area contributed by atoms with Gasteiger partial charge in [-0.2, -0.15) is 0 Å². The molecule has 0 radical (unpaired) electrons. The Hall–Kier alpha value is -1.70. The minimum Gasteiger partial charge on any atom is -0.390 e. The van der Waals surface area contributed by atoms with Crippen LogP contribution in [0.15, 0.2) is 18.6 Å². The molecule has 2 aromatic heterocycles. The van der Waals surface area contributed by atoms with Crippen molar-refractivity contribution in [2.24, 2.45) is 0 Å². The van der Waals surface area contributed by atoms with Gasteiger partial charge < -0.3 is 25.3 Å². The fourth-order valence-corrected chi connectivity index (χ4v) is 2.68. The van der Waals surface area contributed by atoms with Gasteiger partial charge >= 0.3 is 0 Å². The van der Waals surface area contributed by atoms with Gasteiger partial charge in [0.25, 0.3) is 0 Å². The first kappa shape index (κ1) is 13.3. The van der Waals surface area contributed by atoms with Crippen molar-refractivity contribution in [3.8, 4) is 0 Å². The number of nitrogens with zero attached hydrogens (tertiary/aromatic N) is 3. The molecule has 1 aliphatic heterocycles. The summed E-state index contributed by atoms with van der Waals surface area (Å²) in [5, 5.41) is 20.8. The summed E-state index contributed by atoms with van der Waals surface area (Å²) < 4.78 is 7.60. The number of aromatic nitrogens is 3. The van der Waals surface area contributed by atoms with E-state index in [1.807, 2.05) is 10.6 Å². The van der Waals surface area contributed by atoms with Crippen LogP contribution in [-0.4, -0.2) is 42.6 Å². The maximum atomic E-state index is 10.1. The molecule has 0 bridgehead atoms. The molecule has 4 N–H and O–H groups in total. The van der Waals surface area contributed by atoms with Crippen LogP contribution < -0.4 is 5.73 Å². The van der Waals surface area contributed by atoms with Crippen molar-refractivity contribution < 1.29 is 14.9 Å². The first-order chi connectivity index (χ1) is 9.38. The quantitative estimate of drug-likeness (QED) is 0.735. The molecule has 0 saturated carbocycles. The van der Waals surface area contributed by atoms with Gasteiger partial charge in [-0.15, -0.1) is 0 Å². The highest BCUT2D eigenvalue weighted by atomic mass is 16.5. The van der Waals surface area contributed by atoms with Gasteiger partial charge in [0.1, 0.15) is 30.1 Å². The highest BCUT2D eigenvalue weighted by Gasteiger charge is 2.43. The zero-order valence-corrected chi connectivity index (χ0v) is 11.4. The van der Waals surface area contributed by atoms with E-state index in [1.54, 1.807) is 20.0 Å². The molecule has 0 spiro atoms. The molecule has 7 nitrogen and oxygen atoms in total. The summed E-state index contributed by atoms with van der Waals surface area (Å²) in [6.45, 7) is 3.24. The minimum absolute atomic E-state index is 0.381. The molecule has 0 unspecified atom stereocenters. The van der Waals surface area contributed by atoms with E-state index in [-0.39, 0.29) is 6.23 Å². The van der Waals surface area contributed by atoms with Crippen LogP contribution in [-0.2, 0) is 4.74 Å². The second-order valence-corrected chi connectivity index (χ2v) is 5.69. The van der Waals surface area contributed by atoms with E-state index in [9.17, 15) is 10.2 Å². The summed E-state index contributed by atoms with van der Waals surface area (Å²) in [4.78, 5) is 8.15. The molecular weight excluding hydrogens is 260 g/mol. The number of nitrogen functional groups attached to an aromatic ring is 1. The lowest BCUT2D eigenvalue weighted by atomic mass is 9.97. The Balaban J connectivity index is 1.96. The van der Waals surface area contributed by atoms with Crippen LogP contribution in [0.5, 0.6) is 0 Å². The molecule has 3 heterocycles. The second-order valence-electron chi connectivity index (χ2n) is 5.69. The van der Waals surface area contributed by atoms with Crippen molar-refractivity contribution in [3.63, 3.8) is 0 Å². The van der Waals surface area contributed by atoms with Crippen molar-refractivity contribution in [1.29, 1.82) is 0 Å². The Kier molecular flexibility index (Phi) is 2.93. The topological polar surface area (TPSA) is 106 Å². The van der Waals surface area contributed by atoms with Gasteiger partial charge in [0.2, 0.25) is 0 Å². The Labute approximate surface area is 116 Å². The summed E-state index contributed by atoms with van der Waals surface area (Å²) in [6.07, 6.45) is 1.85. The number of hydrogen-bond donors (Lipinski definition) is 3. The van der Waals surface area contributed by atoms with Gasteiger partial charge in [-0.3, -0.25) is 0 Å². The number of hydrogen-bond acceptors (Lipinski definition) is 6. The fraction of sp³-hybridized carbons (Fsp3) is 0.538. The lowest BCUT2D eigenvalue weighted by Crippen LogP contribution is -2.42. The maximum Gasteiger partial charge on any atom is 0.147 e. The molecule has 7 heteroatoms. The summed E-state index contributed by atoms with van der Waals surface area (Å²) in [5.41, 5.74) is 5.35. The van der Waals surface area contributed by atoms with E-state index >= 15 is 0 Å².